The Morgan fingerprint density at radius 1 is 1.25 bits per heavy atom. The van der Waals surface area contributed by atoms with Crippen LogP contribution >= 0.6 is 23.2 Å². The summed E-state index contributed by atoms with van der Waals surface area (Å²) >= 11 is 12.0. The Labute approximate surface area is 130 Å². The lowest BCUT2D eigenvalue weighted by Crippen LogP contribution is -2.23. The third-order valence-corrected chi connectivity index (χ3v) is 4.10. The average Bonchev–Trinajstić information content (AvgIpc) is 2.46. The second-order valence-corrected chi connectivity index (χ2v) is 5.63. The number of hydrogen-bond donors (Lipinski definition) is 0. The standard InChI is InChI=1S/C16H18Cl2N2/c1-11-8-16(14(9-17)10-19-11)20(3)12(2)13-4-6-15(18)7-5-13/h4-8,10,12H,9H2,1-3H3. The van der Waals surface area contributed by atoms with E-state index in [-0.39, 0.29) is 6.04 Å². The van der Waals surface area contributed by atoms with Gasteiger partial charge in [0.25, 0.3) is 0 Å². The van der Waals surface area contributed by atoms with Gasteiger partial charge in [-0.05, 0) is 37.6 Å². The lowest BCUT2D eigenvalue weighted by Gasteiger charge is -2.29. The SMILES string of the molecule is Cc1cc(N(C)C(C)c2ccc(Cl)cc2)c(CCl)cn1. The zero-order valence-corrected chi connectivity index (χ0v) is 13.4. The number of alkyl halides is 1. The van der Waals surface area contributed by atoms with Crippen molar-refractivity contribution >= 4 is 28.9 Å². The first-order valence-electron chi connectivity index (χ1n) is 6.52. The van der Waals surface area contributed by atoms with E-state index in [1.54, 1.807) is 0 Å². The van der Waals surface area contributed by atoms with E-state index in [1.807, 2.05) is 25.3 Å². The summed E-state index contributed by atoms with van der Waals surface area (Å²) in [6.07, 6.45) is 1.85. The van der Waals surface area contributed by atoms with Gasteiger partial charge in [0.15, 0.2) is 0 Å². The molecular formula is C16H18Cl2N2. The number of hydrogen-bond acceptors (Lipinski definition) is 2. The minimum absolute atomic E-state index is 0.232. The van der Waals surface area contributed by atoms with E-state index >= 15 is 0 Å². The third kappa shape index (κ3) is 3.25. The fraction of sp³-hybridized carbons (Fsp3) is 0.312. The molecule has 4 heteroatoms. The van der Waals surface area contributed by atoms with E-state index in [2.05, 4.69) is 42.1 Å². The smallest absolute Gasteiger partial charge is 0.0511 e. The Morgan fingerprint density at radius 3 is 2.50 bits per heavy atom. The molecular weight excluding hydrogens is 291 g/mol. The molecule has 0 aliphatic carbocycles. The van der Waals surface area contributed by atoms with Crippen LogP contribution in [0.2, 0.25) is 5.02 Å². The van der Waals surface area contributed by atoms with Crippen molar-refractivity contribution in [2.24, 2.45) is 0 Å². The summed E-state index contributed by atoms with van der Waals surface area (Å²) in [5, 5.41) is 0.754. The van der Waals surface area contributed by atoms with Gasteiger partial charge >= 0.3 is 0 Å². The minimum atomic E-state index is 0.232. The molecule has 1 atom stereocenters. The van der Waals surface area contributed by atoms with Gasteiger partial charge in [0.2, 0.25) is 0 Å². The minimum Gasteiger partial charge on any atom is -0.367 e. The number of pyridine rings is 1. The Bertz CT molecular complexity index is 582. The molecule has 20 heavy (non-hydrogen) atoms. The Balaban J connectivity index is 2.32. The molecule has 0 radical (unpaired) electrons. The van der Waals surface area contributed by atoms with E-state index < -0.39 is 0 Å². The lowest BCUT2D eigenvalue weighted by molar-refractivity contribution is 0.735. The predicted molar refractivity (Wildman–Crippen MR) is 86.8 cm³/mol. The second kappa shape index (κ2) is 6.47. The number of benzene rings is 1. The topological polar surface area (TPSA) is 16.1 Å². The molecule has 0 aliphatic rings. The van der Waals surface area contributed by atoms with Crippen molar-refractivity contribution in [3.8, 4) is 0 Å². The highest BCUT2D eigenvalue weighted by atomic mass is 35.5. The van der Waals surface area contributed by atoms with Gasteiger partial charge in [0.1, 0.15) is 0 Å². The summed E-state index contributed by atoms with van der Waals surface area (Å²) in [7, 11) is 2.07. The van der Waals surface area contributed by atoms with Crippen molar-refractivity contribution in [2.45, 2.75) is 25.8 Å². The fourth-order valence-corrected chi connectivity index (χ4v) is 2.51. The number of aromatic nitrogens is 1. The molecule has 0 saturated carbocycles. The Kier molecular flexibility index (Phi) is 4.90. The van der Waals surface area contributed by atoms with Crippen LogP contribution in [0.3, 0.4) is 0 Å². The highest BCUT2D eigenvalue weighted by Crippen LogP contribution is 2.29. The molecule has 0 spiro atoms. The van der Waals surface area contributed by atoms with Crippen molar-refractivity contribution in [2.75, 3.05) is 11.9 Å². The first kappa shape index (κ1) is 15.1. The van der Waals surface area contributed by atoms with Gasteiger partial charge in [-0.25, -0.2) is 0 Å². The maximum absolute atomic E-state index is 6.02. The van der Waals surface area contributed by atoms with E-state index in [9.17, 15) is 0 Å². The number of rotatable bonds is 4. The zero-order chi connectivity index (χ0) is 14.7. The van der Waals surface area contributed by atoms with Crippen LogP contribution in [0, 0.1) is 6.92 Å². The summed E-state index contributed by atoms with van der Waals surface area (Å²) < 4.78 is 0. The molecule has 2 nitrogen and oxygen atoms in total. The summed E-state index contributed by atoms with van der Waals surface area (Å²) in [6.45, 7) is 4.15. The molecule has 0 fully saturated rings. The third-order valence-electron chi connectivity index (χ3n) is 3.56. The number of anilines is 1. The molecule has 106 valence electrons. The number of aryl methyl sites for hydroxylation is 1. The van der Waals surface area contributed by atoms with E-state index in [1.165, 1.54) is 5.56 Å². The van der Waals surface area contributed by atoms with Crippen molar-refractivity contribution in [3.05, 3.63) is 58.4 Å². The maximum atomic E-state index is 6.02. The molecule has 1 unspecified atom stereocenters. The van der Waals surface area contributed by atoms with Crippen molar-refractivity contribution in [3.63, 3.8) is 0 Å². The van der Waals surface area contributed by atoms with Crippen LogP contribution in [0.4, 0.5) is 5.69 Å². The van der Waals surface area contributed by atoms with Crippen LogP contribution in [0.25, 0.3) is 0 Å². The Morgan fingerprint density at radius 2 is 1.90 bits per heavy atom. The lowest BCUT2D eigenvalue weighted by atomic mass is 10.1. The highest BCUT2D eigenvalue weighted by Gasteiger charge is 2.15. The van der Waals surface area contributed by atoms with Crippen LogP contribution in [0.5, 0.6) is 0 Å². The van der Waals surface area contributed by atoms with Crippen LogP contribution < -0.4 is 4.90 Å². The molecule has 0 saturated heterocycles. The fourth-order valence-electron chi connectivity index (χ4n) is 2.18. The summed E-state index contributed by atoms with van der Waals surface area (Å²) in [4.78, 5) is 6.53. The molecule has 1 heterocycles. The maximum Gasteiger partial charge on any atom is 0.0511 e. The average molecular weight is 309 g/mol. The van der Waals surface area contributed by atoms with Gasteiger partial charge in [-0.15, -0.1) is 11.6 Å². The second-order valence-electron chi connectivity index (χ2n) is 4.93. The molecule has 0 aliphatic heterocycles. The molecule has 0 N–H and O–H groups in total. The summed E-state index contributed by atoms with van der Waals surface area (Å²) in [6, 6.07) is 10.2. The van der Waals surface area contributed by atoms with E-state index in [4.69, 9.17) is 23.2 Å². The molecule has 0 bridgehead atoms. The van der Waals surface area contributed by atoms with Crippen LogP contribution in [-0.4, -0.2) is 12.0 Å². The predicted octanol–water partition coefficient (Wildman–Crippen LogP) is 4.98. The van der Waals surface area contributed by atoms with Crippen LogP contribution in [0.15, 0.2) is 36.5 Å². The van der Waals surface area contributed by atoms with Gasteiger partial charge in [-0.2, -0.15) is 0 Å². The van der Waals surface area contributed by atoms with E-state index in [0.29, 0.717) is 5.88 Å². The molecule has 0 amide bonds. The van der Waals surface area contributed by atoms with Crippen LogP contribution in [0.1, 0.15) is 29.8 Å². The van der Waals surface area contributed by atoms with Gasteiger partial charge < -0.3 is 4.90 Å². The highest BCUT2D eigenvalue weighted by molar-refractivity contribution is 6.30. The van der Waals surface area contributed by atoms with Crippen LogP contribution in [-0.2, 0) is 5.88 Å². The monoisotopic (exact) mass is 308 g/mol. The van der Waals surface area contributed by atoms with E-state index in [0.717, 1.165) is 22.0 Å². The summed E-state index contributed by atoms with van der Waals surface area (Å²) in [5.41, 5.74) is 4.37. The molecule has 1 aromatic heterocycles. The molecule has 2 aromatic rings. The van der Waals surface area contributed by atoms with Gasteiger partial charge in [-0.3, -0.25) is 4.98 Å². The Hall–Kier alpha value is -1.25. The molecule has 2 rings (SSSR count). The first-order valence-corrected chi connectivity index (χ1v) is 7.44. The van der Waals surface area contributed by atoms with Crippen molar-refractivity contribution in [1.82, 2.24) is 4.98 Å². The van der Waals surface area contributed by atoms with Crippen molar-refractivity contribution in [1.29, 1.82) is 0 Å². The van der Waals surface area contributed by atoms with Gasteiger partial charge in [0, 0.05) is 35.2 Å². The first-order chi connectivity index (χ1) is 9.52. The normalized spacial score (nSPS) is 12.2. The zero-order valence-electron chi connectivity index (χ0n) is 11.9. The quantitative estimate of drug-likeness (QED) is 0.741. The largest absolute Gasteiger partial charge is 0.367 e. The van der Waals surface area contributed by atoms with Gasteiger partial charge in [0.05, 0.1) is 11.9 Å². The number of halogens is 2. The van der Waals surface area contributed by atoms with Crippen molar-refractivity contribution < 1.29 is 0 Å². The van der Waals surface area contributed by atoms with Gasteiger partial charge in [-0.1, -0.05) is 23.7 Å². The summed E-state index contributed by atoms with van der Waals surface area (Å²) in [5.74, 6) is 0.459. The molecule has 1 aromatic carbocycles. The number of nitrogens with zero attached hydrogens (tertiary/aromatic N) is 2.